The summed E-state index contributed by atoms with van der Waals surface area (Å²) in [5.41, 5.74) is 2.79. The van der Waals surface area contributed by atoms with E-state index in [-0.39, 0.29) is 5.82 Å². The fraction of sp³-hybridized carbons (Fsp3) is 0.312. The molecule has 120 valence electrons. The number of anilines is 1. The van der Waals surface area contributed by atoms with Crippen LogP contribution in [0.25, 0.3) is 5.69 Å². The number of hydrogen-bond donors (Lipinski definition) is 1. The number of aryl methyl sites for hydroxylation is 1. The molecule has 6 nitrogen and oxygen atoms in total. The summed E-state index contributed by atoms with van der Waals surface area (Å²) in [6, 6.07) is 6.30. The molecule has 0 saturated heterocycles. The van der Waals surface area contributed by atoms with Crippen molar-refractivity contribution in [2.24, 2.45) is 0 Å². The first kappa shape index (κ1) is 15.2. The molecular weight excluding hydrogens is 297 g/mol. The Morgan fingerprint density at radius 2 is 2.04 bits per heavy atom. The molecule has 7 heteroatoms. The van der Waals surface area contributed by atoms with Crippen LogP contribution in [-0.2, 0) is 13.0 Å². The van der Waals surface area contributed by atoms with E-state index in [4.69, 9.17) is 4.52 Å². The van der Waals surface area contributed by atoms with Crippen molar-refractivity contribution in [3.63, 3.8) is 0 Å². The molecule has 0 aliphatic rings. The average molecular weight is 315 g/mol. The number of rotatable bonds is 6. The Labute approximate surface area is 133 Å². The number of halogens is 1. The molecule has 3 aromatic rings. The highest BCUT2D eigenvalue weighted by atomic mass is 19.1. The molecule has 0 fully saturated rings. The van der Waals surface area contributed by atoms with E-state index >= 15 is 0 Å². The van der Waals surface area contributed by atoms with Gasteiger partial charge in [0.05, 0.1) is 29.8 Å². The van der Waals surface area contributed by atoms with Gasteiger partial charge in [-0.1, -0.05) is 18.5 Å². The van der Waals surface area contributed by atoms with Crippen molar-refractivity contribution in [1.29, 1.82) is 0 Å². The zero-order chi connectivity index (χ0) is 16.2. The van der Waals surface area contributed by atoms with Crippen molar-refractivity contribution in [1.82, 2.24) is 19.9 Å². The van der Waals surface area contributed by atoms with Gasteiger partial charge in [-0.2, -0.15) is 10.1 Å². The number of benzene rings is 1. The van der Waals surface area contributed by atoms with Crippen LogP contribution >= 0.6 is 0 Å². The second-order valence-corrected chi connectivity index (χ2v) is 5.23. The van der Waals surface area contributed by atoms with Crippen LogP contribution in [0, 0.1) is 12.7 Å². The number of hydrogen-bond acceptors (Lipinski definition) is 5. The van der Waals surface area contributed by atoms with Crippen molar-refractivity contribution in [2.45, 2.75) is 33.2 Å². The van der Waals surface area contributed by atoms with E-state index < -0.39 is 0 Å². The van der Waals surface area contributed by atoms with Crippen LogP contribution in [0.15, 0.2) is 35.0 Å². The summed E-state index contributed by atoms with van der Waals surface area (Å²) in [4.78, 5) is 4.17. The smallest absolute Gasteiger partial charge is 0.223 e. The molecule has 2 aromatic heterocycles. The molecule has 1 N–H and O–H groups in total. The van der Waals surface area contributed by atoms with E-state index in [9.17, 15) is 4.39 Å². The van der Waals surface area contributed by atoms with Crippen LogP contribution < -0.4 is 5.32 Å². The summed E-state index contributed by atoms with van der Waals surface area (Å²) in [7, 11) is 0. The maximum absolute atomic E-state index is 13.1. The van der Waals surface area contributed by atoms with Gasteiger partial charge in [0.1, 0.15) is 5.82 Å². The van der Waals surface area contributed by atoms with Gasteiger partial charge in [0.2, 0.25) is 5.89 Å². The monoisotopic (exact) mass is 315 g/mol. The minimum atomic E-state index is -0.260. The summed E-state index contributed by atoms with van der Waals surface area (Å²) in [5, 5.41) is 11.6. The molecule has 0 bridgehead atoms. The fourth-order valence-corrected chi connectivity index (χ4v) is 2.39. The zero-order valence-electron chi connectivity index (χ0n) is 13.1. The van der Waals surface area contributed by atoms with Gasteiger partial charge in [-0.05, 0) is 30.7 Å². The Kier molecular flexibility index (Phi) is 4.36. The van der Waals surface area contributed by atoms with E-state index in [0.29, 0.717) is 18.3 Å². The number of nitrogens with zero attached hydrogens (tertiary/aromatic N) is 4. The van der Waals surface area contributed by atoms with Gasteiger partial charge in [-0.15, -0.1) is 0 Å². The normalized spacial score (nSPS) is 10.9. The second kappa shape index (κ2) is 6.60. The fourth-order valence-electron chi connectivity index (χ4n) is 2.39. The van der Waals surface area contributed by atoms with Gasteiger partial charge in [0.15, 0.2) is 5.82 Å². The summed E-state index contributed by atoms with van der Waals surface area (Å²) in [6.45, 7) is 4.32. The number of nitrogens with one attached hydrogen (secondary N) is 1. The van der Waals surface area contributed by atoms with Crippen molar-refractivity contribution < 1.29 is 8.91 Å². The van der Waals surface area contributed by atoms with E-state index in [1.54, 1.807) is 25.3 Å². The van der Waals surface area contributed by atoms with Crippen LogP contribution in [0.5, 0.6) is 0 Å². The SMILES string of the molecule is CCCc1c(NCc2noc(C)n2)cnn1-c1ccc(F)cc1. The molecule has 0 aliphatic carbocycles. The van der Waals surface area contributed by atoms with Crippen LogP contribution in [0.3, 0.4) is 0 Å². The molecule has 0 spiro atoms. The quantitative estimate of drug-likeness (QED) is 0.756. The van der Waals surface area contributed by atoms with Gasteiger partial charge < -0.3 is 9.84 Å². The third-order valence-corrected chi connectivity index (χ3v) is 3.43. The van der Waals surface area contributed by atoms with Gasteiger partial charge in [-0.25, -0.2) is 9.07 Å². The van der Waals surface area contributed by atoms with E-state index in [0.717, 1.165) is 29.9 Å². The molecule has 3 rings (SSSR count). The maximum Gasteiger partial charge on any atom is 0.223 e. The molecule has 0 radical (unpaired) electrons. The lowest BCUT2D eigenvalue weighted by Gasteiger charge is -2.09. The molecule has 1 aromatic carbocycles. The first-order valence-corrected chi connectivity index (χ1v) is 7.53. The van der Waals surface area contributed by atoms with Crippen LogP contribution in [0.2, 0.25) is 0 Å². The first-order valence-electron chi connectivity index (χ1n) is 7.53. The Bertz CT molecular complexity index is 778. The number of aromatic nitrogens is 4. The van der Waals surface area contributed by atoms with E-state index in [1.165, 1.54) is 12.1 Å². The highest BCUT2D eigenvalue weighted by Crippen LogP contribution is 2.21. The topological polar surface area (TPSA) is 68.8 Å². The lowest BCUT2D eigenvalue weighted by Crippen LogP contribution is -2.06. The standard InChI is InChI=1S/C16H18FN5O/c1-3-4-15-14(18-10-16-20-11(2)23-21-16)9-19-22(15)13-7-5-12(17)6-8-13/h5-9,18H,3-4,10H2,1-2H3. The summed E-state index contributed by atoms with van der Waals surface area (Å²) in [6.07, 6.45) is 3.59. The molecule has 0 aliphatic heterocycles. The second-order valence-electron chi connectivity index (χ2n) is 5.23. The summed E-state index contributed by atoms with van der Waals surface area (Å²) < 4.78 is 19.9. The predicted molar refractivity (Wildman–Crippen MR) is 83.9 cm³/mol. The molecule has 23 heavy (non-hydrogen) atoms. The minimum Gasteiger partial charge on any atom is -0.375 e. The van der Waals surface area contributed by atoms with Gasteiger partial charge in [0.25, 0.3) is 0 Å². The lowest BCUT2D eigenvalue weighted by atomic mass is 10.2. The first-order chi connectivity index (χ1) is 11.2. The molecule has 0 unspecified atom stereocenters. The van der Waals surface area contributed by atoms with Crippen molar-refractivity contribution in [2.75, 3.05) is 5.32 Å². The molecular formula is C16H18FN5O. The van der Waals surface area contributed by atoms with Gasteiger partial charge >= 0.3 is 0 Å². The van der Waals surface area contributed by atoms with Crippen LogP contribution in [0.1, 0.15) is 30.8 Å². The maximum atomic E-state index is 13.1. The van der Waals surface area contributed by atoms with Gasteiger partial charge in [0, 0.05) is 6.92 Å². The third kappa shape index (κ3) is 3.39. The Balaban J connectivity index is 1.84. The summed E-state index contributed by atoms with van der Waals surface area (Å²) >= 11 is 0. The molecule has 0 atom stereocenters. The highest BCUT2D eigenvalue weighted by Gasteiger charge is 2.12. The highest BCUT2D eigenvalue weighted by molar-refractivity contribution is 5.50. The Morgan fingerprint density at radius 3 is 2.70 bits per heavy atom. The molecule has 0 saturated carbocycles. The van der Waals surface area contributed by atoms with Crippen molar-refractivity contribution >= 4 is 5.69 Å². The van der Waals surface area contributed by atoms with Crippen molar-refractivity contribution in [3.05, 3.63) is 53.7 Å². The zero-order valence-corrected chi connectivity index (χ0v) is 13.1. The average Bonchev–Trinajstić information content (AvgIpc) is 3.13. The summed E-state index contributed by atoms with van der Waals surface area (Å²) in [5.74, 6) is 0.876. The van der Waals surface area contributed by atoms with Gasteiger partial charge in [-0.3, -0.25) is 0 Å². The van der Waals surface area contributed by atoms with E-state index in [2.05, 4.69) is 27.5 Å². The largest absolute Gasteiger partial charge is 0.375 e. The Morgan fingerprint density at radius 1 is 1.26 bits per heavy atom. The van der Waals surface area contributed by atoms with Crippen LogP contribution in [0.4, 0.5) is 10.1 Å². The molecule has 0 amide bonds. The van der Waals surface area contributed by atoms with E-state index in [1.807, 2.05) is 4.68 Å². The predicted octanol–water partition coefficient (Wildman–Crippen LogP) is 3.27. The minimum absolute atomic E-state index is 0.260. The molecule has 2 heterocycles. The third-order valence-electron chi connectivity index (χ3n) is 3.43. The Hall–Kier alpha value is -2.70. The van der Waals surface area contributed by atoms with Crippen molar-refractivity contribution in [3.8, 4) is 5.69 Å². The van der Waals surface area contributed by atoms with Crippen LogP contribution in [-0.4, -0.2) is 19.9 Å². The lowest BCUT2D eigenvalue weighted by molar-refractivity contribution is 0.388.